The third-order valence-electron chi connectivity index (χ3n) is 2.32. The summed E-state index contributed by atoms with van der Waals surface area (Å²) in [5.74, 6) is -0.203. The minimum Gasteiger partial charge on any atom is -0.295 e. The van der Waals surface area contributed by atoms with Gasteiger partial charge in [0.05, 0.1) is 9.82 Å². The first-order chi connectivity index (χ1) is 9.51. The molecular weight excluding hydrogens is 318 g/mol. The van der Waals surface area contributed by atoms with Crippen LogP contribution in [0.3, 0.4) is 0 Å². The molecule has 1 aromatic carbocycles. The molecule has 0 radical (unpaired) electrons. The lowest BCUT2D eigenvalue weighted by Crippen LogP contribution is -1.96. The summed E-state index contributed by atoms with van der Waals surface area (Å²) in [5, 5.41) is 19.0. The smallest absolute Gasteiger partial charge is 0.284 e. The molecule has 9 heteroatoms. The first-order valence-corrected chi connectivity index (χ1v) is 8.21. The minimum absolute atomic E-state index is 0.0939. The predicted octanol–water partition coefficient (Wildman–Crippen LogP) is 3.52. The number of carbonyl (C=O) groups excluding carboxylic acids is 1. The van der Waals surface area contributed by atoms with E-state index in [0.29, 0.717) is 14.8 Å². The maximum atomic E-state index is 11.3. The molecule has 0 N–H and O–H groups in total. The van der Waals surface area contributed by atoms with Crippen LogP contribution in [0.1, 0.15) is 17.3 Å². The third kappa shape index (κ3) is 3.35. The number of ketones is 1. The molecule has 2 rings (SSSR count). The van der Waals surface area contributed by atoms with Crippen LogP contribution in [0, 0.1) is 10.1 Å². The van der Waals surface area contributed by atoms with Crippen LogP contribution in [0.4, 0.5) is 5.69 Å². The van der Waals surface area contributed by atoms with Crippen LogP contribution in [-0.4, -0.2) is 27.2 Å². The van der Waals surface area contributed by atoms with Gasteiger partial charge in [0.25, 0.3) is 5.69 Å². The van der Waals surface area contributed by atoms with Gasteiger partial charge in [-0.2, -0.15) is 0 Å². The molecule has 0 spiro atoms. The molecule has 0 aliphatic rings. The lowest BCUT2D eigenvalue weighted by atomic mass is 10.1. The van der Waals surface area contributed by atoms with Crippen molar-refractivity contribution in [3.63, 3.8) is 0 Å². The number of benzene rings is 1. The Hall–Kier alpha value is -1.45. The lowest BCUT2D eigenvalue weighted by molar-refractivity contribution is -0.387. The average Bonchev–Trinajstić information content (AvgIpc) is 2.86. The van der Waals surface area contributed by atoms with E-state index in [1.807, 2.05) is 6.26 Å². The zero-order chi connectivity index (χ0) is 14.7. The quantitative estimate of drug-likeness (QED) is 0.359. The number of thioether (sulfide) groups is 1. The third-order valence-corrected chi connectivity index (χ3v) is 5.34. The highest BCUT2D eigenvalue weighted by Gasteiger charge is 2.18. The van der Waals surface area contributed by atoms with Crippen molar-refractivity contribution in [3.8, 4) is 0 Å². The van der Waals surface area contributed by atoms with Gasteiger partial charge in [-0.05, 0) is 25.3 Å². The molecule has 2 aromatic rings. The van der Waals surface area contributed by atoms with Gasteiger partial charge in [0, 0.05) is 11.6 Å². The maximum Gasteiger partial charge on any atom is 0.284 e. The Balaban J connectivity index is 2.35. The summed E-state index contributed by atoms with van der Waals surface area (Å²) in [6.07, 6.45) is 1.89. The van der Waals surface area contributed by atoms with Crippen molar-refractivity contribution in [2.75, 3.05) is 6.26 Å². The minimum atomic E-state index is -0.495. The number of hydrogen-bond donors (Lipinski definition) is 0. The van der Waals surface area contributed by atoms with Gasteiger partial charge in [0.1, 0.15) is 0 Å². The van der Waals surface area contributed by atoms with Crippen molar-refractivity contribution in [1.29, 1.82) is 0 Å². The van der Waals surface area contributed by atoms with Crippen LogP contribution in [-0.2, 0) is 0 Å². The SMILES string of the molecule is CSc1nnc(Sc2ccc(C(C)=O)cc2[N+](=O)[O-])s1. The molecule has 0 atom stereocenters. The second-order valence-corrected chi connectivity index (χ2v) is 6.96. The van der Waals surface area contributed by atoms with E-state index in [1.165, 1.54) is 47.9 Å². The van der Waals surface area contributed by atoms with E-state index in [4.69, 9.17) is 0 Å². The summed E-state index contributed by atoms with van der Waals surface area (Å²) in [6, 6.07) is 4.44. The van der Waals surface area contributed by atoms with E-state index in [-0.39, 0.29) is 11.5 Å². The van der Waals surface area contributed by atoms with Crippen LogP contribution in [0.25, 0.3) is 0 Å². The molecule has 0 saturated carbocycles. The molecule has 1 aromatic heterocycles. The van der Waals surface area contributed by atoms with Gasteiger partial charge in [0.2, 0.25) is 0 Å². The topological polar surface area (TPSA) is 86.0 Å². The molecular formula is C11H9N3O3S3. The van der Waals surface area contributed by atoms with E-state index < -0.39 is 4.92 Å². The Morgan fingerprint density at radius 1 is 1.35 bits per heavy atom. The normalized spacial score (nSPS) is 10.5. The van der Waals surface area contributed by atoms with Gasteiger partial charge in [-0.25, -0.2) is 0 Å². The molecule has 6 nitrogen and oxygen atoms in total. The molecule has 0 saturated heterocycles. The second kappa shape index (κ2) is 6.33. The zero-order valence-electron chi connectivity index (χ0n) is 10.5. The number of hydrogen-bond acceptors (Lipinski definition) is 8. The number of carbonyl (C=O) groups is 1. The summed E-state index contributed by atoms with van der Waals surface area (Å²) in [7, 11) is 0. The fourth-order valence-electron chi connectivity index (χ4n) is 1.38. The van der Waals surface area contributed by atoms with Crippen LogP contribution >= 0.6 is 34.9 Å². The lowest BCUT2D eigenvalue weighted by Gasteiger charge is -2.02. The molecule has 0 aliphatic heterocycles. The highest BCUT2D eigenvalue weighted by Crippen LogP contribution is 2.37. The molecule has 0 amide bonds. The van der Waals surface area contributed by atoms with Crippen molar-refractivity contribution in [1.82, 2.24) is 10.2 Å². The summed E-state index contributed by atoms with van der Waals surface area (Å²) in [5.41, 5.74) is 0.228. The summed E-state index contributed by atoms with van der Waals surface area (Å²) in [4.78, 5) is 22.3. The maximum absolute atomic E-state index is 11.3. The second-order valence-electron chi connectivity index (χ2n) is 3.64. The standard InChI is InChI=1S/C11H9N3O3S3/c1-6(15)7-3-4-9(8(5-7)14(16)17)19-11-13-12-10(18-2)20-11/h3-5H,1-2H3. The van der Waals surface area contributed by atoms with Crippen LogP contribution in [0.15, 0.2) is 31.8 Å². The van der Waals surface area contributed by atoms with Crippen molar-refractivity contribution in [3.05, 3.63) is 33.9 Å². The van der Waals surface area contributed by atoms with Gasteiger partial charge >= 0.3 is 0 Å². The first-order valence-electron chi connectivity index (χ1n) is 5.36. The van der Waals surface area contributed by atoms with Gasteiger partial charge in [-0.3, -0.25) is 14.9 Å². The number of nitrogens with zero attached hydrogens (tertiary/aromatic N) is 3. The van der Waals surface area contributed by atoms with Gasteiger partial charge in [-0.1, -0.05) is 34.9 Å². The van der Waals surface area contributed by atoms with E-state index in [0.717, 1.165) is 4.34 Å². The van der Waals surface area contributed by atoms with Crippen molar-refractivity contribution >= 4 is 46.3 Å². The Bertz CT molecular complexity index is 672. The molecule has 0 unspecified atom stereocenters. The fourth-order valence-corrected chi connectivity index (χ4v) is 3.86. The van der Waals surface area contributed by atoms with Crippen LogP contribution in [0.2, 0.25) is 0 Å². The Morgan fingerprint density at radius 3 is 2.60 bits per heavy atom. The first kappa shape index (κ1) is 14.9. The fraction of sp³-hybridized carbons (Fsp3) is 0.182. The van der Waals surface area contributed by atoms with Crippen molar-refractivity contribution in [2.24, 2.45) is 0 Å². The van der Waals surface area contributed by atoms with Crippen molar-refractivity contribution < 1.29 is 9.72 Å². The molecule has 0 aliphatic carbocycles. The number of Topliss-reactive ketones (excluding diaryl/α,β-unsaturated/α-hetero) is 1. The highest BCUT2D eigenvalue weighted by atomic mass is 32.2. The van der Waals surface area contributed by atoms with Gasteiger partial charge in [-0.15, -0.1) is 10.2 Å². The molecule has 0 bridgehead atoms. The zero-order valence-corrected chi connectivity index (χ0v) is 13.0. The van der Waals surface area contributed by atoms with E-state index in [2.05, 4.69) is 10.2 Å². The monoisotopic (exact) mass is 327 g/mol. The molecule has 0 fully saturated rings. The van der Waals surface area contributed by atoms with Crippen LogP contribution < -0.4 is 0 Å². The van der Waals surface area contributed by atoms with E-state index in [1.54, 1.807) is 12.1 Å². The number of aromatic nitrogens is 2. The summed E-state index contributed by atoms with van der Waals surface area (Å²) < 4.78 is 1.43. The summed E-state index contributed by atoms with van der Waals surface area (Å²) >= 11 is 4.02. The Kier molecular flexibility index (Phi) is 4.73. The highest BCUT2D eigenvalue weighted by molar-refractivity contribution is 8.03. The van der Waals surface area contributed by atoms with Crippen LogP contribution in [0.5, 0.6) is 0 Å². The van der Waals surface area contributed by atoms with Crippen molar-refractivity contribution in [2.45, 2.75) is 20.5 Å². The van der Waals surface area contributed by atoms with Gasteiger partial charge < -0.3 is 0 Å². The predicted molar refractivity (Wildman–Crippen MR) is 78.9 cm³/mol. The van der Waals surface area contributed by atoms with Gasteiger partial charge in [0.15, 0.2) is 14.5 Å². The molecule has 20 heavy (non-hydrogen) atoms. The number of nitro benzene ring substituents is 1. The number of nitro groups is 1. The van der Waals surface area contributed by atoms with E-state index in [9.17, 15) is 14.9 Å². The molecule has 104 valence electrons. The van der Waals surface area contributed by atoms with E-state index >= 15 is 0 Å². The number of rotatable bonds is 5. The average molecular weight is 327 g/mol. The Labute approximate surface area is 127 Å². The summed E-state index contributed by atoms with van der Waals surface area (Å²) in [6.45, 7) is 1.38. The molecule has 1 heterocycles. The Morgan fingerprint density at radius 2 is 2.05 bits per heavy atom. The largest absolute Gasteiger partial charge is 0.295 e.